The Balaban J connectivity index is 2.26. The van der Waals surface area contributed by atoms with E-state index in [0.29, 0.717) is 26.4 Å². The summed E-state index contributed by atoms with van der Waals surface area (Å²) >= 11 is 2.46. The summed E-state index contributed by atoms with van der Waals surface area (Å²) in [7, 11) is 0. The van der Waals surface area contributed by atoms with Crippen molar-refractivity contribution in [2.24, 2.45) is 0 Å². The van der Waals surface area contributed by atoms with Crippen molar-refractivity contribution in [3.05, 3.63) is 55.9 Å². The summed E-state index contributed by atoms with van der Waals surface area (Å²) in [6, 6.07) is 1.67. The topological polar surface area (TPSA) is 54.4 Å². The van der Waals surface area contributed by atoms with Gasteiger partial charge in [0, 0.05) is 11.1 Å². The molecule has 1 unspecified atom stereocenters. The van der Waals surface area contributed by atoms with Crippen molar-refractivity contribution >= 4 is 34.2 Å². The van der Waals surface area contributed by atoms with Crippen molar-refractivity contribution in [2.75, 3.05) is 0 Å². The first-order chi connectivity index (χ1) is 8.65. The Labute approximate surface area is 111 Å². The molecule has 0 fully saturated rings. The van der Waals surface area contributed by atoms with Crippen LogP contribution in [-0.2, 0) is 0 Å². The summed E-state index contributed by atoms with van der Waals surface area (Å²) in [5, 5.41) is 13.2. The van der Waals surface area contributed by atoms with Crippen LogP contribution in [-0.4, -0.2) is 16.7 Å². The highest BCUT2D eigenvalue weighted by atomic mass is 32.1. The van der Waals surface area contributed by atoms with Crippen LogP contribution >= 0.6 is 22.7 Å². The van der Waals surface area contributed by atoms with Crippen LogP contribution in [0.15, 0.2) is 29.5 Å². The molecule has 2 aromatic rings. The number of carbonyl (C=O) groups is 2. The number of fused-ring (bicyclic) bond motifs is 2. The second-order valence-corrected chi connectivity index (χ2v) is 5.69. The van der Waals surface area contributed by atoms with Gasteiger partial charge in [-0.15, -0.1) is 29.3 Å². The maximum atomic E-state index is 12.3. The zero-order chi connectivity index (χ0) is 12.9. The molecule has 0 spiro atoms. The Hall–Kier alpha value is -1.56. The van der Waals surface area contributed by atoms with Gasteiger partial charge in [-0.3, -0.25) is 9.59 Å². The van der Waals surface area contributed by atoms with Gasteiger partial charge in [0.15, 0.2) is 0 Å². The van der Waals surface area contributed by atoms with Gasteiger partial charge in [-0.25, -0.2) is 0 Å². The number of aliphatic hydroxyl groups is 1. The van der Waals surface area contributed by atoms with E-state index < -0.39 is 6.10 Å². The van der Waals surface area contributed by atoms with E-state index in [4.69, 9.17) is 0 Å². The SMILES string of the molecule is C=CC(O)c1csc2c1C(=O)c1sccc1C2=O. The molecule has 0 saturated carbocycles. The third-order valence-corrected chi connectivity index (χ3v) is 4.82. The number of ketones is 2. The van der Waals surface area contributed by atoms with Crippen LogP contribution in [0.2, 0.25) is 0 Å². The third-order valence-electron chi connectivity index (χ3n) is 2.91. The summed E-state index contributed by atoms with van der Waals surface area (Å²) in [6.45, 7) is 3.50. The fourth-order valence-electron chi connectivity index (χ4n) is 2.02. The van der Waals surface area contributed by atoms with Gasteiger partial charge in [0.2, 0.25) is 11.6 Å². The molecule has 0 saturated heterocycles. The van der Waals surface area contributed by atoms with Crippen molar-refractivity contribution < 1.29 is 14.7 Å². The molecule has 0 bridgehead atoms. The second-order valence-electron chi connectivity index (χ2n) is 3.90. The predicted octanol–water partition coefficient (Wildman–Crippen LogP) is 2.80. The van der Waals surface area contributed by atoms with Gasteiger partial charge in [0.05, 0.1) is 21.4 Å². The Morgan fingerprint density at radius 1 is 1.22 bits per heavy atom. The zero-order valence-electron chi connectivity index (χ0n) is 9.17. The fraction of sp³-hybridized carbons (Fsp3) is 0.0769. The van der Waals surface area contributed by atoms with Gasteiger partial charge < -0.3 is 5.11 Å². The van der Waals surface area contributed by atoms with E-state index in [1.807, 2.05) is 0 Å². The van der Waals surface area contributed by atoms with E-state index >= 15 is 0 Å². The predicted molar refractivity (Wildman–Crippen MR) is 70.7 cm³/mol. The van der Waals surface area contributed by atoms with Gasteiger partial charge in [-0.2, -0.15) is 0 Å². The molecule has 90 valence electrons. The van der Waals surface area contributed by atoms with Crippen LogP contribution in [0.25, 0.3) is 0 Å². The monoisotopic (exact) mass is 276 g/mol. The molecule has 3 rings (SSSR count). The molecule has 0 aliphatic heterocycles. The van der Waals surface area contributed by atoms with Crippen molar-refractivity contribution in [3.63, 3.8) is 0 Å². The van der Waals surface area contributed by atoms with E-state index in [1.54, 1.807) is 16.8 Å². The summed E-state index contributed by atoms with van der Waals surface area (Å²) < 4.78 is 0. The maximum absolute atomic E-state index is 12.3. The normalized spacial score (nSPS) is 15.2. The Morgan fingerprint density at radius 2 is 2.00 bits per heavy atom. The first kappa shape index (κ1) is 11.5. The minimum absolute atomic E-state index is 0.131. The van der Waals surface area contributed by atoms with Gasteiger partial charge in [-0.1, -0.05) is 6.08 Å². The molecule has 1 aliphatic carbocycles. The first-order valence-corrected chi connectivity index (χ1v) is 7.00. The van der Waals surface area contributed by atoms with E-state index in [0.717, 1.165) is 0 Å². The van der Waals surface area contributed by atoms with E-state index in [2.05, 4.69) is 6.58 Å². The average Bonchev–Trinajstić information content (AvgIpc) is 3.01. The smallest absolute Gasteiger partial charge is 0.205 e. The number of thiophene rings is 2. The van der Waals surface area contributed by atoms with Crippen LogP contribution in [0.3, 0.4) is 0 Å². The summed E-state index contributed by atoms with van der Waals surface area (Å²) in [6.07, 6.45) is 0.438. The minimum Gasteiger partial charge on any atom is -0.384 e. The molecule has 5 heteroatoms. The van der Waals surface area contributed by atoms with Crippen LogP contribution < -0.4 is 0 Å². The minimum atomic E-state index is -0.914. The summed E-state index contributed by atoms with van der Waals surface area (Å²) in [4.78, 5) is 25.4. The Kier molecular flexibility index (Phi) is 2.55. The van der Waals surface area contributed by atoms with Crippen LogP contribution in [0.1, 0.15) is 42.1 Å². The Bertz CT molecular complexity index is 678. The summed E-state index contributed by atoms with van der Waals surface area (Å²) in [5.74, 6) is -0.305. The molecule has 0 aromatic carbocycles. The highest BCUT2D eigenvalue weighted by Crippen LogP contribution is 2.38. The van der Waals surface area contributed by atoms with Crippen LogP contribution in [0.5, 0.6) is 0 Å². The van der Waals surface area contributed by atoms with Gasteiger partial charge >= 0.3 is 0 Å². The van der Waals surface area contributed by atoms with E-state index in [9.17, 15) is 14.7 Å². The fourth-order valence-corrected chi connectivity index (χ4v) is 3.90. The molecule has 1 atom stereocenters. The van der Waals surface area contributed by atoms with Crippen molar-refractivity contribution in [1.29, 1.82) is 0 Å². The highest BCUT2D eigenvalue weighted by Gasteiger charge is 2.35. The van der Waals surface area contributed by atoms with E-state index in [-0.39, 0.29) is 11.6 Å². The lowest BCUT2D eigenvalue weighted by atomic mass is 9.91. The molecule has 1 N–H and O–H groups in total. The van der Waals surface area contributed by atoms with Crippen LogP contribution in [0, 0.1) is 0 Å². The Morgan fingerprint density at radius 3 is 2.72 bits per heavy atom. The first-order valence-electron chi connectivity index (χ1n) is 5.24. The lowest BCUT2D eigenvalue weighted by Gasteiger charge is -2.13. The van der Waals surface area contributed by atoms with Crippen LogP contribution in [0.4, 0.5) is 0 Å². The molecular weight excluding hydrogens is 268 g/mol. The largest absolute Gasteiger partial charge is 0.384 e. The van der Waals surface area contributed by atoms with Gasteiger partial charge in [0.25, 0.3) is 0 Å². The molecule has 1 aliphatic rings. The molecule has 2 heterocycles. The average molecular weight is 276 g/mol. The standard InChI is InChI=1S/C13H8O3S2/c1-2-8(14)7-5-18-13-9(7)11(16)12-6(10(13)15)3-4-17-12/h2-5,8,14H,1H2. The number of carbonyl (C=O) groups excluding carboxylic acids is 2. The number of hydrogen-bond acceptors (Lipinski definition) is 5. The summed E-state index contributed by atoms with van der Waals surface area (Å²) in [5.41, 5.74) is 1.29. The number of hydrogen-bond donors (Lipinski definition) is 1. The van der Waals surface area contributed by atoms with Crippen molar-refractivity contribution in [3.8, 4) is 0 Å². The number of rotatable bonds is 2. The lowest BCUT2D eigenvalue weighted by molar-refractivity contribution is 0.0983. The quantitative estimate of drug-likeness (QED) is 0.732. The molecule has 3 nitrogen and oxygen atoms in total. The number of aliphatic hydroxyl groups excluding tert-OH is 1. The third kappa shape index (κ3) is 1.38. The van der Waals surface area contributed by atoms with Crippen molar-refractivity contribution in [1.82, 2.24) is 0 Å². The molecule has 0 amide bonds. The molecular formula is C13H8O3S2. The molecule has 0 radical (unpaired) electrons. The van der Waals surface area contributed by atoms with E-state index in [1.165, 1.54) is 28.7 Å². The maximum Gasteiger partial charge on any atom is 0.205 e. The second kappa shape index (κ2) is 3.98. The molecule has 18 heavy (non-hydrogen) atoms. The van der Waals surface area contributed by atoms with Gasteiger partial charge in [0.1, 0.15) is 0 Å². The van der Waals surface area contributed by atoms with Gasteiger partial charge in [-0.05, 0) is 16.8 Å². The lowest BCUT2D eigenvalue weighted by Crippen LogP contribution is -2.18. The van der Waals surface area contributed by atoms with Crippen molar-refractivity contribution in [2.45, 2.75) is 6.10 Å². The molecule has 2 aromatic heterocycles. The zero-order valence-corrected chi connectivity index (χ0v) is 10.8. The highest BCUT2D eigenvalue weighted by molar-refractivity contribution is 7.15.